The van der Waals surface area contributed by atoms with Crippen LogP contribution in [0.3, 0.4) is 0 Å². The van der Waals surface area contributed by atoms with E-state index in [1.165, 1.54) is 22.9 Å². The van der Waals surface area contributed by atoms with Crippen LogP contribution in [0.15, 0.2) is 40.9 Å². The van der Waals surface area contributed by atoms with Crippen LogP contribution < -0.4 is 16.0 Å². The fourth-order valence-corrected chi connectivity index (χ4v) is 5.13. The first-order valence-electron chi connectivity index (χ1n) is 11.3. The number of rotatable bonds is 5. The zero-order chi connectivity index (χ0) is 24.6. The molecule has 11 heteroatoms. The summed E-state index contributed by atoms with van der Waals surface area (Å²) in [6, 6.07) is 12.0. The maximum absolute atomic E-state index is 12.0. The van der Waals surface area contributed by atoms with Crippen LogP contribution >= 0.6 is 0 Å². The van der Waals surface area contributed by atoms with Gasteiger partial charge in [0.05, 0.1) is 6.20 Å². The number of pyridine rings is 1. The van der Waals surface area contributed by atoms with Gasteiger partial charge < -0.3 is 20.9 Å². The topological polar surface area (TPSA) is 131 Å². The number of nitriles is 1. The molecule has 0 saturated heterocycles. The Morgan fingerprint density at radius 3 is 2.86 bits per heavy atom. The number of nitrogens with one attached hydrogen (secondary N) is 3. The van der Waals surface area contributed by atoms with Gasteiger partial charge in [0.25, 0.3) is 0 Å². The second-order valence-electron chi connectivity index (χ2n) is 9.13. The van der Waals surface area contributed by atoms with Gasteiger partial charge in [-0.05, 0) is 61.0 Å². The lowest BCUT2D eigenvalue weighted by Gasteiger charge is -2.37. The van der Waals surface area contributed by atoms with E-state index in [4.69, 9.17) is 0 Å². The number of benzene rings is 1. The van der Waals surface area contributed by atoms with Crippen molar-refractivity contribution < 1.29 is 4.21 Å². The van der Waals surface area contributed by atoms with E-state index in [1.54, 1.807) is 30.7 Å². The molecule has 180 valence electrons. The van der Waals surface area contributed by atoms with E-state index >= 15 is 0 Å². The minimum atomic E-state index is -2.35. The van der Waals surface area contributed by atoms with Crippen molar-refractivity contribution in [2.75, 3.05) is 43.3 Å². The lowest BCUT2D eigenvalue weighted by atomic mass is 9.86. The third-order valence-electron chi connectivity index (χ3n) is 5.88. The van der Waals surface area contributed by atoms with Gasteiger partial charge in [-0.3, -0.25) is 0 Å². The fraction of sp³-hybridized carbons (Fsp3) is 0.333. The average molecular weight is 490 g/mol. The van der Waals surface area contributed by atoms with Gasteiger partial charge in [0.1, 0.15) is 17.5 Å². The largest absolute Gasteiger partial charge is 0.324 e. The van der Waals surface area contributed by atoms with Crippen molar-refractivity contribution >= 4 is 38.8 Å². The molecule has 10 nitrogen and oxygen atoms in total. The second-order valence-corrected chi connectivity index (χ2v) is 11.7. The zero-order valence-electron chi connectivity index (χ0n) is 19.9. The molecular formula is C24H27N9OS. The number of likely N-dealkylation sites (N-methyl/N-ethyl adjacent to an activating group) is 1. The van der Waals surface area contributed by atoms with Crippen LogP contribution in [-0.2, 0) is 22.7 Å². The van der Waals surface area contributed by atoms with Gasteiger partial charge in [0, 0.05) is 47.1 Å². The summed E-state index contributed by atoms with van der Waals surface area (Å²) < 4.78 is 16.1. The van der Waals surface area contributed by atoms with Gasteiger partial charge in [-0.1, -0.05) is 6.07 Å². The van der Waals surface area contributed by atoms with E-state index in [1.807, 2.05) is 0 Å². The van der Waals surface area contributed by atoms with Gasteiger partial charge >= 0.3 is 0 Å². The van der Waals surface area contributed by atoms with Crippen LogP contribution in [0.5, 0.6) is 0 Å². The Bertz CT molecular complexity index is 1450. The lowest BCUT2D eigenvalue weighted by Crippen LogP contribution is -2.42. The Morgan fingerprint density at radius 2 is 2.06 bits per heavy atom. The van der Waals surface area contributed by atoms with E-state index in [9.17, 15) is 9.47 Å². The monoisotopic (exact) mass is 489 g/mol. The van der Waals surface area contributed by atoms with E-state index in [0.29, 0.717) is 29.4 Å². The van der Waals surface area contributed by atoms with Gasteiger partial charge in [0.15, 0.2) is 11.6 Å². The van der Waals surface area contributed by atoms with Gasteiger partial charge in [-0.15, -0.1) is 0 Å². The van der Waals surface area contributed by atoms with Crippen molar-refractivity contribution in [3.8, 4) is 6.07 Å². The molecule has 3 aromatic rings. The highest BCUT2D eigenvalue weighted by Gasteiger charge is 2.28. The number of anilines is 4. The Kier molecular flexibility index (Phi) is 6.10. The number of hydrogen-bond donors (Lipinski definition) is 3. The zero-order valence-corrected chi connectivity index (χ0v) is 20.7. The number of nitrogens with zero attached hydrogens (tertiary/aromatic N) is 6. The molecule has 4 heterocycles. The molecule has 2 aromatic heterocycles. The molecule has 0 amide bonds. The molecule has 0 spiro atoms. The predicted molar refractivity (Wildman–Crippen MR) is 137 cm³/mol. The maximum Gasteiger partial charge on any atom is 0.229 e. The molecule has 1 atom stereocenters. The van der Waals surface area contributed by atoms with Crippen LogP contribution in [0, 0.1) is 11.3 Å². The Hall–Kier alpha value is -3.59. The van der Waals surface area contributed by atoms with Crippen LogP contribution in [0.4, 0.5) is 29.1 Å². The molecular weight excluding hydrogens is 462 g/mol. The molecule has 35 heavy (non-hydrogen) atoms. The van der Waals surface area contributed by atoms with Gasteiger partial charge in [-0.2, -0.15) is 14.6 Å². The van der Waals surface area contributed by atoms with Crippen LogP contribution in [0.25, 0.3) is 0 Å². The fourth-order valence-electron chi connectivity index (χ4n) is 4.58. The Labute approximate surface area is 205 Å². The summed E-state index contributed by atoms with van der Waals surface area (Å²) in [5, 5.41) is 19.6. The molecule has 1 unspecified atom stereocenters. The molecule has 0 aliphatic carbocycles. The van der Waals surface area contributed by atoms with Crippen molar-refractivity contribution in [3.63, 3.8) is 0 Å². The quantitative estimate of drug-likeness (QED) is 0.494. The van der Waals surface area contributed by atoms with Crippen molar-refractivity contribution in [2.45, 2.75) is 19.0 Å². The van der Waals surface area contributed by atoms with Crippen molar-refractivity contribution in [2.24, 2.45) is 4.36 Å². The molecule has 2 aliphatic heterocycles. The van der Waals surface area contributed by atoms with Crippen LogP contribution in [-0.4, -0.2) is 56.7 Å². The van der Waals surface area contributed by atoms with Crippen molar-refractivity contribution in [1.29, 1.82) is 5.26 Å². The van der Waals surface area contributed by atoms with Gasteiger partial charge in [0.2, 0.25) is 5.95 Å². The highest BCUT2D eigenvalue weighted by atomic mass is 32.2. The van der Waals surface area contributed by atoms with E-state index in [-0.39, 0.29) is 5.56 Å². The van der Waals surface area contributed by atoms with Crippen molar-refractivity contribution in [3.05, 3.63) is 58.8 Å². The summed E-state index contributed by atoms with van der Waals surface area (Å²) in [5.41, 5.74) is 5.27. The van der Waals surface area contributed by atoms with E-state index in [0.717, 1.165) is 31.7 Å². The van der Waals surface area contributed by atoms with E-state index in [2.05, 4.69) is 65.4 Å². The number of hydrogen-bond acceptors (Lipinski definition) is 10. The third-order valence-corrected chi connectivity index (χ3v) is 6.51. The first-order chi connectivity index (χ1) is 16.8. The first kappa shape index (κ1) is 23.2. The van der Waals surface area contributed by atoms with Crippen LogP contribution in [0.1, 0.15) is 28.3 Å². The minimum absolute atomic E-state index is 0.283. The average Bonchev–Trinajstić information content (AvgIpc) is 2.78. The smallest absolute Gasteiger partial charge is 0.229 e. The number of aromatic nitrogens is 3. The second kappa shape index (κ2) is 9.22. The SMILES string of the molecule is CN1Cc2cc(Nc3ncc(C#N)c(Nc4cccc(N=S(C)(C)=O)n4)n3)cc3c2C(C1)NCC3. The summed E-state index contributed by atoms with van der Waals surface area (Å²) in [6.45, 7) is 2.86. The molecule has 0 saturated carbocycles. The summed E-state index contributed by atoms with van der Waals surface area (Å²) in [4.78, 5) is 15.6. The normalized spacial score (nSPS) is 17.3. The molecule has 3 N–H and O–H groups in total. The molecule has 0 bridgehead atoms. The molecule has 2 aliphatic rings. The molecule has 0 fully saturated rings. The Balaban J connectivity index is 1.44. The molecule has 0 radical (unpaired) electrons. The minimum Gasteiger partial charge on any atom is -0.324 e. The Morgan fingerprint density at radius 1 is 1.23 bits per heavy atom. The highest BCUT2D eigenvalue weighted by Crippen LogP contribution is 2.35. The predicted octanol–water partition coefficient (Wildman–Crippen LogP) is 3.22. The standard InChI is InChI=1S/C24H27N9OS/c1-33-13-16-10-18(9-15-7-8-26-19(14-33)22(15)16)28-24-27-12-17(11-25)23(31-24)30-20-5-4-6-21(29-20)32-35(2,3)34/h4-6,9-10,12,19,26H,7-8,13-14H2,1-3H3,(H2,27,28,29,30,31). The summed E-state index contributed by atoms with van der Waals surface area (Å²) in [6.07, 6.45) is 5.56. The van der Waals surface area contributed by atoms with Crippen LogP contribution in [0.2, 0.25) is 0 Å². The summed E-state index contributed by atoms with van der Waals surface area (Å²) >= 11 is 0. The molecule has 1 aromatic carbocycles. The van der Waals surface area contributed by atoms with Crippen molar-refractivity contribution in [1.82, 2.24) is 25.2 Å². The molecule has 5 rings (SSSR count). The lowest BCUT2D eigenvalue weighted by molar-refractivity contribution is 0.254. The van der Waals surface area contributed by atoms with Gasteiger partial charge in [-0.25, -0.2) is 14.2 Å². The maximum atomic E-state index is 12.0. The first-order valence-corrected chi connectivity index (χ1v) is 13.6. The summed E-state index contributed by atoms with van der Waals surface area (Å²) in [7, 11) is -0.211. The van der Waals surface area contributed by atoms with E-state index < -0.39 is 9.73 Å². The third kappa shape index (κ3) is 5.24. The summed E-state index contributed by atoms with van der Waals surface area (Å²) in [5.74, 6) is 1.48. The highest BCUT2D eigenvalue weighted by molar-refractivity contribution is 7.92.